The van der Waals surface area contributed by atoms with Gasteiger partial charge in [-0.15, -0.1) is 0 Å². The third kappa shape index (κ3) is 19.9. The lowest BCUT2D eigenvalue weighted by Gasteiger charge is -2.30. The van der Waals surface area contributed by atoms with Gasteiger partial charge in [0.15, 0.2) is 12.6 Å². The van der Waals surface area contributed by atoms with Gasteiger partial charge >= 0.3 is 0 Å². The van der Waals surface area contributed by atoms with Gasteiger partial charge in [-0.1, -0.05) is 170 Å². The highest BCUT2D eigenvalue weighted by atomic mass is 32.2. The lowest BCUT2D eigenvalue weighted by atomic mass is 10.0. The molecule has 0 bridgehead atoms. The molecular weight excluding hydrogens is 1710 g/mol. The number of carbonyl (C=O) groups is 4. The Morgan fingerprint density at radius 2 is 0.522 bits per heavy atom. The Hall–Kier alpha value is -12.9. The minimum Gasteiger partial charge on any atom is -0.356 e. The molecule has 688 valence electrons. The number of amides is 4. The van der Waals surface area contributed by atoms with Crippen LogP contribution in [0.1, 0.15) is 116 Å². The largest absolute Gasteiger partial charge is 0.356 e. The number of thioether (sulfide) groups is 2. The summed E-state index contributed by atoms with van der Waals surface area (Å²) in [7, 11) is 6.01. The van der Waals surface area contributed by atoms with Gasteiger partial charge in [0, 0.05) is 147 Å². The average Bonchev–Trinajstić information content (AvgIpc) is 1.56. The molecule has 0 fully saturated rings. The summed E-state index contributed by atoms with van der Waals surface area (Å²) in [5.41, 5.74) is 28.9. The number of anilines is 12. The number of aryl methyl sites for hydroxylation is 12. The van der Waals surface area contributed by atoms with Crippen LogP contribution in [0.15, 0.2) is 277 Å². The highest BCUT2D eigenvalue weighted by Gasteiger charge is 2.51. The van der Waals surface area contributed by atoms with E-state index in [0.29, 0.717) is 46.8 Å². The molecule has 0 unspecified atom stereocenters. The molecular formula is C114H118F2N8O8S2. The molecule has 12 aromatic carbocycles. The normalized spacial score (nSPS) is 13.7. The lowest BCUT2D eigenvalue weighted by molar-refractivity contribution is -0.127. The van der Waals surface area contributed by atoms with Crippen LogP contribution >= 0.6 is 23.5 Å². The zero-order valence-corrected chi connectivity index (χ0v) is 81.5. The third-order valence-electron chi connectivity index (χ3n) is 25.1. The third-order valence-corrected chi connectivity index (χ3v) is 26.8. The first-order valence-corrected chi connectivity index (χ1v) is 48.1. The number of hydrogen-bond acceptors (Lipinski definition) is 14. The number of methoxy groups -OCH3 is 4. The quantitative estimate of drug-likeness (QED) is 0.0280. The van der Waals surface area contributed by atoms with Crippen molar-refractivity contribution in [2.24, 2.45) is 0 Å². The molecule has 0 N–H and O–H groups in total. The van der Waals surface area contributed by atoms with Gasteiger partial charge in [0.1, 0.15) is 11.6 Å². The van der Waals surface area contributed by atoms with E-state index in [1.54, 1.807) is 47.8 Å². The van der Waals surface area contributed by atoms with Gasteiger partial charge in [-0.05, 0) is 272 Å². The Kier molecular flexibility index (Phi) is 30.1. The van der Waals surface area contributed by atoms with Crippen molar-refractivity contribution in [1.82, 2.24) is 19.6 Å². The first-order valence-electron chi connectivity index (χ1n) is 45.7. The number of nitrogens with zero attached hydrogens (tertiary/aromatic N) is 8. The fourth-order valence-corrected chi connectivity index (χ4v) is 20.0. The molecule has 20 heteroatoms. The molecule has 16 nitrogen and oxygen atoms in total. The van der Waals surface area contributed by atoms with Crippen molar-refractivity contribution < 1.29 is 46.9 Å². The zero-order chi connectivity index (χ0) is 95.0. The maximum atomic E-state index is 17.2. The summed E-state index contributed by atoms with van der Waals surface area (Å²) < 4.78 is 56.4. The summed E-state index contributed by atoms with van der Waals surface area (Å²) in [5, 5.41) is 0. The molecule has 4 heterocycles. The molecule has 4 aliphatic rings. The molecule has 0 spiro atoms. The molecule has 0 saturated heterocycles. The molecule has 16 rings (SSSR count). The molecule has 0 aromatic heterocycles. The number of halogens is 2. The van der Waals surface area contributed by atoms with E-state index in [2.05, 4.69) is 200 Å². The Balaban J connectivity index is 0.000000204. The van der Waals surface area contributed by atoms with Crippen LogP contribution < -0.4 is 19.6 Å². The van der Waals surface area contributed by atoms with Crippen LogP contribution in [0.25, 0.3) is 22.8 Å². The van der Waals surface area contributed by atoms with Crippen molar-refractivity contribution in [3.05, 3.63) is 378 Å². The lowest BCUT2D eigenvalue weighted by Crippen LogP contribution is -2.33. The second kappa shape index (κ2) is 42.1. The number of ether oxygens (including phenoxy) is 4. The Labute approximate surface area is 796 Å². The first-order chi connectivity index (χ1) is 64.6. The second-order valence-corrected chi connectivity index (χ2v) is 37.6. The van der Waals surface area contributed by atoms with E-state index in [4.69, 9.17) is 18.9 Å². The van der Waals surface area contributed by atoms with Crippen molar-refractivity contribution >= 4 is 138 Å². The zero-order valence-electron chi connectivity index (χ0n) is 79.9. The Morgan fingerprint density at radius 1 is 0.276 bits per heavy atom. The molecule has 4 amide bonds. The molecule has 134 heavy (non-hydrogen) atoms. The number of carbonyl (C=O) groups excluding carboxylic acids is 4. The predicted octanol–water partition coefficient (Wildman–Crippen LogP) is 26.4. The molecule has 0 atom stereocenters. The topological polar surface area (TPSA) is 131 Å². The Bertz CT molecular complexity index is 6010. The number of hydrogen-bond donors (Lipinski definition) is 0. The van der Waals surface area contributed by atoms with E-state index in [-0.39, 0.29) is 71.7 Å². The molecule has 0 aliphatic carbocycles. The van der Waals surface area contributed by atoms with Crippen molar-refractivity contribution in [1.29, 1.82) is 0 Å². The van der Waals surface area contributed by atoms with Gasteiger partial charge in [0.2, 0.25) is 0 Å². The smallest absolute Gasteiger partial charge is 0.261 e. The van der Waals surface area contributed by atoms with E-state index < -0.39 is 36.0 Å². The maximum absolute atomic E-state index is 17.2. The minimum atomic E-state index is -0.683. The van der Waals surface area contributed by atoms with Crippen LogP contribution in [0.3, 0.4) is 0 Å². The summed E-state index contributed by atoms with van der Waals surface area (Å²) >= 11 is 3.61. The highest BCUT2D eigenvalue weighted by Crippen LogP contribution is 2.53. The average molecular weight is 1830 g/mol. The van der Waals surface area contributed by atoms with Gasteiger partial charge in [-0.3, -0.25) is 19.2 Å². The summed E-state index contributed by atoms with van der Waals surface area (Å²) in [6.45, 7) is 30.5. The van der Waals surface area contributed by atoms with E-state index in [1.807, 2.05) is 144 Å². The highest BCUT2D eigenvalue weighted by molar-refractivity contribution is 7.99. The van der Waals surface area contributed by atoms with Gasteiger partial charge in [0.05, 0.1) is 56.5 Å². The molecule has 12 aromatic rings. The van der Waals surface area contributed by atoms with Crippen LogP contribution in [0, 0.1) is 94.7 Å². The van der Waals surface area contributed by atoms with Gasteiger partial charge in [-0.25, -0.2) is 8.78 Å². The van der Waals surface area contributed by atoms with Crippen molar-refractivity contribution in [2.75, 3.05) is 97.2 Å². The van der Waals surface area contributed by atoms with Crippen LogP contribution in [0.2, 0.25) is 0 Å². The van der Waals surface area contributed by atoms with E-state index in [1.165, 1.54) is 94.9 Å². The van der Waals surface area contributed by atoms with E-state index >= 15 is 28.0 Å². The van der Waals surface area contributed by atoms with Gasteiger partial charge in [-0.2, -0.15) is 23.5 Å². The molecule has 0 saturated carbocycles. The standard InChI is InChI=1S/C58H62N4O2S2.C56H56F2N4O6/c1-11-65-31-29-59-55(45-17-21-47(22-18-45)61(49-25-13-37(3)33-41(49)7)50-26-14-38(4)34-42(50)8)53-54(57(59)63)56(60(58(53)64)30-32-66-12-2)46-19-23-48(24-20-46)62(51-27-15-39(5)35-43(51)9)52-28-16-40(6)36-44(52)10;1-35-13-9-17-41(29-35)61(42-18-10-14-36(2)30-42)47-23-21-39(33-45(47)57)53-51-52(56(64)59(53)27-25-49(65-5)66-6)54(60(55(51)63)28-26-50(67-7)68-8)40-22-24-48(46(58)34-40)62(43-19-11-15-37(3)31-43)44-20-12-16-38(4)32-44/h13-28,33-36H,11-12,29-32H2,1-10H3;9-24,29-34,49-50H,25-28H2,1-8H3. The number of rotatable bonds is 34. The minimum absolute atomic E-state index is 0.0564. The van der Waals surface area contributed by atoms with Crippen molar-refractivity contribution in [3.63, 3.8) is 0 Å². The predicted molar refractivity (Wildman–Crippen MR) is 547 cm³/mol. The SMILES string of the molecule is CCSCCN1C(=O)C2=C(c3ccc(N(c4ccc(C)cc4C)c4ccc(C)cc4C)cc3)N(CCSCC)C(=O)C2=C1c1ccc(N(c2ccc(C)cc2C)c2ccc(C)cc2C)cc1.COC(CCN1C(=O)C2=C(c3ccc(N(c4cccc(C)c4)c4cccc(C)c4)c(F)c3)N(CCC(OC)OC)C(=O)C2=C1c1ccc(N(c2cccc(C)c2)c2cccc(C)c2)c(F)c1)OC. The van der Waals surface area contributed by atoms with Crippen LogP contribution in [0.5, 0.6) is 0 Å². The fourth-order valence-electron chi connectivity index (χ4n) is 18.8. The summed E-state index contributed by atoms with van der Waals surface area (Å²) in [6, 6.07) is 84.1. The second-order valence-electron chi connectivity index (χ2n) is 34.8. The van der Waals surface area contributed by atoms with Gasteiger partial charge < -0.3 is 58.1 Å². The van der Waals surface area contributed by atoms with Crippen LogP contribution in [0.4, 0.5) is 77.0 Å². The first kappa shape index (κ1) is 95.7. The maximum Gasteiger partial charge on any atom is 0.261 e. The molecule has 0 radical (unpaired) electrons. The van der Waals surface area contributed by atoms with Crippen LogP contribution in [-0.2, 0) is 38.1 Å². The van der Waals surface area contributed by atoms with E-state index in [9.17, 15) is 0 Å². The molecule has 4 aliphatic heterocycles. The van der Waals surface area contributed by atoms with Crippen molar-refractivity contribution in [3.8, 4) is 0 Å². The van der Waals surface area contributed by atoms with Crippen LogP contribution in [-0.4, -0.2) is 133 Å². The van der Waals surface area contributed by atoms with E-state index in [0.717, 1.165) is 113 Å². The fraction of sp³-hybridized carbons (Fsp3) is 0.263. The number of benzene rings is 12. The summed E-state index contributed by atoms with van der Waals surface area (Å²) in [5.74, 6) is 1.03. The summed E-state index contributed by atoms with van der Waals surface area (Å²) in [4.78, 5) is 75.7. The van der Waals surface area contributed by atoms with Crippen molar-refractivity contribution in [2.45, 2.75) is 122 Å². The monoisotopic (exact) mass is 1830 g/mol. The number of fused-ring (bicyclic) bond motifs is 2. The Morgan fingerprint density at radius 3 is 0.769 bits per heavy atom. The van der Waals surface area contributed by atoms with Gasteiger partial charge in [0.25, 0.3) is 23.6 Å². The summed E-state index contributed by atoms with van der Waals surface area (Å²) in [6.07, 6.45) is -0.910.